The number of nitrogens with one attached hydrogen (secondary N) is 1. The van der Waals surface area contributed by atoms with E-state index in [9.17, 15) is 9.59 Å². The molecule has 21 heavy (non-hydrogen) atoms. The molecule has 0 heterocycles. The number of halogens is 1. The van der Waals surface area contributed by atoms with E-state index in [0.29, 0.717) is 11.3 Å². The van der Waals surface area contributed by atoms with Crippen molar-refractivity contribution in [3.63, 3.8) is 0 Å². The first-order chi connectivity index (χ1) is 10.0. The number of hydrogen-bond acceptors (Lipinski definition) is 4. The van der Waals surface area contributed by atoms with Crippen LogP contribution in [0.4, 0.5) is 11.4 Å². The second-order valence-corrected chi connectivity index (χ2v) is 4.64. The molecule has 2 aromatic rings. The lowest BCUT2D eigenvalue weighted by molar-refractivity contribution is 0.0600. The molecule has 108 valence electrons. The summed E-state index contributed by atoms with van der Waals surface area (Å²) >= 11 is 5.98. The Kier molecular flexibility index (Phi) is 4.45. The molecule has 2 aromatic carbocycles. The summed E-state index contributed by atoms with van der Waals surface area (Å²) in [6, 6.07) is 11.2. The maximum atomic E-state index is 12.2. The monoisotopic (exact) mass is 304 g/mol. The van der Waals surface area contributed by atoms with Crippen LogP contribution in [0, 0.1) is 0 Å². The number of nitrogen functional groups attached to an aromatic ring is 1. The van der Waals surface area contributed by atoms with Crippen molar-refractivity contribution < 1.29 is 14.3 Å². The van der Waals surface area contributed by atoms with Crippen LogP contribution in [0.2, 0.25) is 5.02 Å². The van der Waals surface area contributed by atoms with Gasteiger partial charge in [0.15, 0.2) is 0 Å². The minimum Gasteiger partial charge on any atom is -0.465 e. The SMILES string of the molecule is COC(=O)c1cccc(NC(=O)c2c(N)cccc2Cl)c1. The summed E-state index contributed by atoms with van der Waals surface area (Å²) in [5.41, 5.74) is 7.02. The highest BCUT2D eigenvalue weighted by Crippen LogP contribution is 2.23. The van der Waals surface area contributed by atoms with Crippen molar-refractivity contribution in [3.8, 4) is 0 Å². The van der Waals surface area contributed by atoms with Gasteiger partial charge < -0.3 is 15.8 Å². The van der Waals surface area contributed by atoms with Crippen molar-refractivity contribution >= 4 is 34.9 Å². The number of hydrogen-bond donors (Lipinski definition) is 2. The van der Waals surface area contributed by atoms with Crippen LogP contribution in [-0.2, 0) is 4.74 Å². The molecule has 0 saturated heterocycles. The fourth-order valence-corrected chi connectivity index (χ4v) is 2.08. The average molecular weight is 305 g/mol. The third-order valence-electron chi connectivity index (χ3n) is 2.81. The highest BCUT2D eigenvalue weighted by molar-refractivity contribution is 6.35. The summed E-state index contributed by atoms with van der Waals surface area (Å²) in [5, 5.41) is 2.91. The fourth-order valence-electron chi connectivity index (χ4n) is 1.82. The summed E-state index contributed by atoms with van der Waals surface area (Å²) in [7, 11) is 1.29. The highest BCUT2D eigenvalue weighted by Gasteiger charge is 2.14. The quantitative estimate of drug-likeness (QED) is 0.674. The van der Waals surface area contributed by atoms with E-state index in [1.54, 1.807) is 36.4 Å². The Morgan fingerprint density at radius 3 is 2.57 bits per heavy atom. The van der Waals surface area contributed by atoms with Gasteiger partial charge in [-0.05, 0) is 30.3 Å². The molecule has 1 amide bonds. The van der Waals surface area contributed by atoms with E-state index in [-0.39, 0.29) is 16.3 Å². The van der Waals surface area contributed by atoms with Crippen molar-refractivity contribution in [2.24, 2.45) is 0 Å². The molecule has 0 unspecified atom stereocenters. The van der Waals surface area contributed by atoms with Crippen molar-refractivity contribution in [1.82, 2.24) is 0 Å². The van der Waals surface area contributed by atoms with Crippen LogP contribution in [0.15, 0.2) is 42.5 Å². The van der Waals surface area contributed by atoms with E-state index >= 15 is 0 Å². The molecule has 0 atom stereocenters. The largest absolute Gasteiger partial charge is 0.465 e. The second-order valence-electron chi connectivity index (χ2n) is 4.23. The Hall–Kier alpha value is -2.53. The number of benzene rings is 2. The van der Waals surface area contributed by atoms with Gasteiger partial charge in [0.25, 0.3) is 5.91 Å². The predicted octanol–water partition coefficient (Wildman–Crippen LogP) is 2.96. The third kappa shape index (κ3) is 3.32. The zero-order chi connectivity index (χ0) is 15.4. The number of anilines is 2. The number of rotatable bonds is 3. The van der Waals surface area contributed by atoms with Crippen LogP contribution in [0.5, 0.6) is 0 Å². The maximum absolute atomic E-state index is 12.2. The molecule has 3 N–H and O–H groups in total. The van der Waals surface area contributed by atoms with Gasteiger partial charge in [0.2, 0.25) is 0 Å². The topological polar surface area (TPSA) is 81.4 Å². The minimum absolute atomic E-state index is 0.197. The molecule has 0 aromatic heterocycles. The van der Waals surface area contributed by atoms with Gasteiger partial charge in [-0.1, -0.05) is 23.7 Å². The van der Waals surface area contributed by atoms with Crippen LogP contribution in [0.25, 0.3) is 0 Å². The summed E-state index contributed by atoms with van der Waals surface area (Å²) in [6.45, 7) is 0. The molecule has 0 spiro atoms. The molecule has 5 nitrogen and oxygen atoms in total. The minimum atomic E-state index is -0.483. The zero-order valence-electron chi connectivity index (χ0n) is 11.2. The molecule has 6 heteroatoms. The summed E-state index contributed by atoms with van der Waals surface area (Å²) in [4.78, 5) is 23.7. The van der Waals surface area contributed by atoms with Gasteiger partial charge >= 0.3 is 5.97 Å². The van der Waals surface area contributed by atoms with Crippen LogP contribution in [0.3, 0.4) is 0 Å². The van der Waals surface area contributed by atoms with E-state index in [0.717, 1.165) is 0 Å². The standard InChI is InChI=1S/C15H13ClN2O3/c1-21-15(20)9-4-2-5-10(8-9)18-14(19)13-11(16)6-3-7-12(13)17/h2-8H,17H2,1H3,(H,18,19). The van der Waals surface area contributed by atoms with E-state index in [2.05, 4.69) is 10.1 Å². The zero-order valence-corrected chi connectivity index (χ0v) is 12.0. The van der Waals surface area contributed by atoms with Gasteiger partial charge in [-0.15, -0.1) is 0 Å². The highest BCUT2D eigenvalue weighted by atomic mass is 35.5. The fraction of sp³-hybridized carbons (Fsp3) is 0.0667. The number of esters is 1. The Labute approximate surface area is 126 Å². The molecule has 0 bridgehead atoms. The number of ether oxygens (including phenoxy) is 1. The first-order valence-electron chi connectivity index (χ1n) is 6.06. The Balaban J connectivity index is 2.26. The lowest BCUT2D eigenvalue weighted by atomic mass is 10.1. The second kappa shape index (κ2) is 6.28. The Bertz CT molecular complexity index is 681. The number of carbonyl (C=O) groups is 2. The smallest absolute Gasteiger partial charge is 0.337 e. The van der Waals surface area contributed by atoms with Gasteiger partial charge in [-0.25, -0.2) is 4.79 Å². The van der Waals surface area contributed by atoms with E-state index in [1.807, 2.05) is 0 Å². The summed E-state index contributed by atoms with van der Waals surface area (Å²) < 4.78 is 4.63. The van der Waals surface area contributed by atoms with Crippen LogP contribution >= 0.6 is 11.6 Å². The van der Waals surface area contributed by atoms with Gasteiger partial charge in [-0.3, -0.25) is 4.79 Å². The van der Waals surface area contributed by atoms with Gasteiger partial charge in [0.05, 0.1) is 23.3 Å². The van der Waals surface area contributed by atoms with Crippen LogP contribution in [-0.4, -0.2) is 19.0 Å². The van der Waals surface area contributed by atoms with E-state index in [4.69, 9.17) is 17.3 Å². The van der Waals surface area contributed by atoms with Crippen molar-refractivity contribution in [2.45, 2.75) is 0 Å². The number of nitrogens with two attached hydrogens (primary N) is 1. The lowest BCUT2D eigenvalue weighted by Crippen LogP contribution is -2.15. The Morgan fingerprint density at radius 1 is 1.19 bits per heavy atom. The number of carbonyl (C=O) groups excluding carboxylic acids is 2. The normalized spacial score (nSPS) is 10.0. The molecule has 0 radical (unpaired) electrons. The molecular formula is C15H13ClN2O3. The molecule has 0 aliphatic carbocycles. The first-order valence-corrected chi connectivity index (χ1v) is 6.44. The van der Waals surface area contributed by atoms with Crippen LogP contribution in [0.1, 0.15) is 20.7 Å². The molecule has 0 aliphatic rings. The lowest BCUT2D eigenvalue weighted by Gasteiger charge is -2.10. The molecular weight excluding hydrogens is 292 g/mol. The summed E-state index contributed by atoms with van der Waals surface area (Å²) in [5.74, 6) is -0.927. The first kappa shape index (κ1) is 14.9. The number of amides is 1. The third-order valence-corrected chi connectivity index (χ3v) is 3.13. The van der Waals surface area contributed by atoms with Gasteiger partial charge in [-0.2, -0.15) is 0 Å². The molecule has 0 fully saturated rings. The average Bonchev–Trinajstić information content (AvgIpc) is 2.46. The Morgan fingerprint density at radius 2 is 1.90 bits per heavy atom. The van der Waals surface area contributed by atoms with Crippen molar-refractivity contribution in [1.29, 1.82) is 0 Å². The predicted molar refractivity (Wildman–Crippen MR) is 81.6 cm³/mol. The van der Waals surface area contributed by atoms with Crippen molar-refractivity contribution in [2.75, 3.05) is 18.2 Å². The van der Waals surface area contributed by atoms with Gasteiger partial charge in [0.1, 0.15) is 0 Å². The van der Waals surface area contributed by atoms with Crippen LogP contribution < -0.4 is 11.1 Å². The molecule has 0 saturated carbocycles. The maximum Gasteiger partial charge on any atom is 0.337 e. The molecule has 0 aliphatic heterocycles. The number of methoxy groups -OCH3 is 1. The van der Waals surface area contributed by atoms with E-state index in [1.165, 1.54) is 13.2 Å². The van der Waals surface area contributed by atoms with Gasteiger partial charge in [0, 0.05) is 11.4 Å². The molecule has 2 rings (SSSR count). The summed E-state index contributed by atoms with van der Waals surface area (Å²) in [6.07, 6.45) is 0. The van der Waals surface area contributed by atoms with E-state index < -0.39 is 11.9 Å². The van der Waals surface area contributed by atoms with Crippen molar-refractivity contribution in [3.05, 3.63) is 58.6 Å².